The Morgan fingerprint density at radius 3 is 2.95 bits per heavy atom. The van der Waals surface area contributed by atoms with Crippen LogP contribution in [0.2, 0.25) is 0 Å². The van der Waals surface area contributed by atoms with Gasteiger partial charge in [-0.25, -0.2) is 0 Å². The summed E-state index contributed by atoms with van der Waals surface area (Å²) in [5.74, 6) is 3.67. The van der Waals surface area contributed by atoms with Crippen molar-refractivity contribution in [1.82, 2.24) is 5.32 Å². The monoisotopic (exact) mass is 293 g/mol. The van der Waals surface area contributed by atoms with Gasteiger partial charge in [-0.15, -0.1) is 0 Å². The summed E-state index contributed by atoms with van der Waals surface area (Å²) < 4.78 is 5.90. The fraction of sp³-hybridized carbons (Fsp3) is 0.625. The summed E-state index contributed by atoms with van der Waals surface area (Å²) >= 11 is 1.83. The van der Waals surface area contributed by atoms with Crippen LogP contribution in [0.3, 0.4) is 0 Å². The normalized spacial score (nSPS) is 25.9. The smallest absolute Gasteiger partial charge is 0.123 e. The molecular formula is C16H23NO2S. The van der Waals surface area contributed by atoms with Gasteiger partial charge in [-0.05, 0) is 37.0 Å². The lowest BCUT2D eigenvalue weighted by Crippen LogP contribution is -2.40. The number of rotatable bonds is 7. The lowest BCUT2D eigenvalue weighted by Gasteiger charge is -2.22. The van der Waals surface area contributed by atoms with Gasteiger partial charge in [0.05, 0.1) is 12.2 Å². The van der Waals surface area contributed by atoms with Gasteiger partial charge < -0.3 is 15.2 Å². The zero-order valence-corrected chi connectivity index (χ0v) is 12.6. The van der Waals surface area contributed by atoms with Crippen LogP contribution in [0.1, 0.15) is 24.8 Å². The Balaban J connectivity index is 1.50. The molecule has 2 N–H and O–H groups in total. The highest BCUT2D eigenvalue weighted by atomic mass is 32.2. The average molecular weight is 293 g/mol. The van der Waals surface area contributed by atoms with E-state index >= 15 is 0 Å². The van der Waals surface area contributed by atoms with Crippen molar-refractivity contribution in [3.63, 3.8) is 0 Å². The maximum Gasteiger partial charge on any atom is 0.123 e. The van der Waals surface area contributed by atoms with Crippen LogP contribution < -0.4 is 10.1 Å². The first-order chi connectivity index (χ1) is 9.75. The van der Waals surface area contributed by atoms with E-state index in [-0.39, 0.29) is 0 Å². The molecule has 1 aliphatic heterocycles. The largest absolute Gasteiger partial charge is 0.493 e. The Labute approximate surface area is 125 Å². The lowest BCUT2D eigenvalue weighted by atomic mass is 10.0. The lowest BCUT2D eigenvalue weighted by molar-refractivity contribution is 0.0674. The molecular weight excluding hydrogens is 270 g/mol. The third kappa shape index (κ3) is 3.90. The van der Waals surface area contributed by atoms with Gasteiger partial charge in [-0.2, -0.15) is 11.8 Å². The third-order valence-electron chi connectivity index (χ3n) is 4.00. The molecule has 0 amide bonds. The molecule has 1 aromatic rings. The van der Waals surface area contributed by atoms with E-state index in [1.54, 1.807) is 0 Å². The van der Waals surface area contributed by atoms with E-state index in [2.05, 4.69) is 11.4 Å². The highest BCUT2D eigenvalue weighted by molar-refractivity contribution is 7.99. The van der Waals surface area contributed by atoms with E-state index in [4.69, 9.17) is 4.74 Å². The maximum absolute atomic E-state index is 10.3. The molecule has 110 valence electrons. The van der Waals surface area contributed by atoms with Crippen molar-refractivity contribution in [2.75, 3.05) is 24.7 Å². The fourth-order valence-electron chi connectivity index (χ4n) is 2.45. The fourth-order valence-corrected chi connectivity index (χ4v) is 3.74. The van der Waals surface area contributed by atoms with Crippen molar-refractivity contribution >= 4 is 11.8 Å². The Kier molecular flexibility index (Phi) is 4.54. The third-order valence-corrected chi connectivity index (χ3v) is 5.23. The van der Waals surface area contributed by atoms with Crippen LogP contribution in [-0.2, 0) is 6.54 Å². The van der Waals surface area contributed by atoms with E-state index in [1.807, 2.05) is 30.0 Å². The van der Waals surface area contributed by atoms with Gasteiger partial charge in [0.15, 0.2) is 0 Å². The molecule has 1 heterocycles. The molecule has 1 unspecified atom stereocenters. The first kappa shape index (κ1) is 14.2. The first-order valence-electron chi connectivity index (χ1n) is 7.47. The number of aliphatic hydroxyl groups is 1. The number of thioether (sulfide) groups is 1. The van der Waals surface area contributed by atoms with Crippen molar-refractivity contribution in [3.8, 4) is 5.75 Å². The predicted molar refractivity (Wildman–Crippen MR) is 83.3 cm³/mol. The van der Waals surface area contributed by atoms with Crippen LogP contribution in [-0.4, -0.2) is 35.4 Å². The zero-order valence-electron chi connectivity index (χ0n) is 11.8. The van der Waals surface area contributed by atoms with Crippen molar-refractivity contribution in [1.29, 1.82) is 0 Å². The van der Waals surface area contributed by atoms with E-state index in [0.29, 0.717) is 6.54 Å². The van der Waals surface area contributed by atoms with Gasteiger partial charge in [0.2, 0.25) is 0 Å². The highest BCUT2D eigenvalue weighted by Gasteiger charge is 2.31. The minimum atomic E-state index is -0.519. The average Bonchev–Trinajstić information content (AvgIpc) is 3.19. The molecule has 2 fully saturated rings. The summed E-state index contributed by atoms with van der Waals surface area (Å²) in [6, 6.07) is 8.20. The minimum absolute atomic E-state index is 0.519. The first-order valence-corrected chi connectivity index (χ1v) is 8.62. The number of ether oxygens (including phenoxy) is 1. The highest BCUT2D eigenvalue weighted by Crippen LogP contribution is 2.30. The molecule has 0 bridgehead atoms. The van der Waals surface area contributed by atoms with Crippen molar-refractivity contribution in [2.24, 2.45) is 5.92 Å². The standard InChI is InChI=1S/C16H23NO2S/c18-16(7-8-20-12-16)11-17-9-14-3-1-2-4-15(14)19-10-13-5-6-13/h1-4,13,17-18H,5-12H2. The number of hydrogen-bond acceptors (Lipinski definition) is 4. The van der Waals surface area contributed by atoms with Crippen molar-refractivity contribution in [3.05, 3.63) is 29.8 Å². The van der Waals surface area contributed by atoms with Crippen LogP contribution in [0.5, 0.6) is 5.75 Å². The predicted octanol–water partition coefficient (Wildman–Crippen LogP) is 2.43. The van der Waals surface area contributed by atoms with Gasteiger partial charge in [-0.1, -0.05) is 18.2 Å². The Hall–Kier alpha value is -0.710. The van der Waals surface area contributed by atoms with Crippen LogP contribution in [0.25, 0.3) is 0 Å². The molecule has 1 saturated carbocycles. The van der Waals surface area contributed by atoms with Crippen LogP contribution >= 0.6 is 11.8 Å². The Bertz CT molecular complexity index is 442. The molecule has 0 aromatic heterocycles. The van der Waals surface area contributed by atoms with E-state index in [0.717, 1.165) is 42.7 Å². The zero-order chi connectivity index (χ0) is 13.8. The number of nitrogens with one attached hydrogen (secondary N) is 1. The summed E-state index contributed by atoms with van der Waals surface area (Å²) in [5.41, 5.74) is 0.663. The van der Waals surface area contributed by atoms with Crippen LogP contribution in [0, 0.1) is 5.92 Å². The van der Waals surface area contributed by atoms with Crippen molar-refractivity contribution in [2.45, 2.75) is 31.4 Å². The summed E-state index contributed by atoms with van der Waals surface area (Å²) in [6.07, 6.45) is 3.51. The molecule has 0 spiro atoms. The number of para-hydroxylation sites is 1. The molecule has 3 rings (SSSR count). The Morgan fingerprint density at radius 1 is 1.35 bits per heavy atom. The second kappa shape index (κ2) is 6.37. The van der Waals surface area contributed by atoms with E-state index in [1.165, 1.54) is 18.4 Å². The van der Waals surface area contributed by atoms with E-state index < -0.39 is 5.60 Å². The quantitative estimate of drug-likeness (QED) is 0.810. The van der Waals surface area contributed by atoms with Crippen LogP contribution in [0.4, 0.5) is 0 Å². The molecule has 20 heavy (non-hydrogen) atoms. The molecule has 2 aliphatic rings. The second-order valence-electron chi connectivity index (χ2n) is 5.99. The maximum atomic E-state index is 10.3. The van der Waals surface area contributed by atoms with Gasteiger partial charge in [0.1, 0.15) is 5.75 Å². The summed E-state index contributed by atoms with van der Waals surface area (Å²) in [6.45, 7) is 2.27. The topological polar surface area (TPSA) is 41.5 Å². The molecule has 3 nitrogen and oxygen atoms in total. The van der Waals surface area contributed by atoms with Gasteiger partial charge in [0.25, 0.3) is 0 Å². The molecule has 1 aromatic carbocycles. The molecule has 4 heteroatoms. The second-order valence-corrected chi connectivity index (χ2v) is 7.10. The minimum Gasteiger partial charge on any atom is -0.493 e. The van der Waals surface area contributed by atoms with Crippen molar-refractivity contribution < 1.29 is 9.84 Å². The molecule has 1 atom stereocenters. The van der Waals surface area contributed by atoms with Gasteiger partial charge >= 0.3 is 0 Å². The molecule has 1 saturated heterocycles. The van der Waals surface area contributed by atoms with Crippen LogP contribution in [0.15, 0.2) is 24.3 Å². The van der Waals surface area contributed by atoms with E-state index in [9.17, 15) is 5.11 Å². The summed E-state index contributed by atoms with van der Waals surface area (Å²) in [7, 11) is 0. The molecule has 1 aliphatic carbocycles. The van der Waals surface area contributed by atoms with Gasteiger partial charge in [0, 0.05) is 24.4 Å². The number of hydrogen-bond donors (Lipinski definition) is 2. The summed E-state index contributed by atoms with van der Waals surface area (Å²) in [4.78, 5) is 0. The van der Waals surface area contributed by atoms with Gasteiger partial charge in [-0.3, -0.25) is 0 Å². The Morgan fingerprint density at radius 2 is 2.20 bits per heavy atom. The summed E-state index contributed by atoms with van der Waals surface area (Å²) in [5, 5.41) is 13.7. The molecule has 0 radical (unpaired) electrons. The number of benzene rings is 1. The SMILES string of the molecule is OC1(CNCc2ccccc2OCC2CC2)CCSC1.